The molecule has 0 aliphatic heterocycles. The number of aryl methyl sites for hydroxylation is 3. The number of fused-ring (bicyclic) bond motifs is 6. The number of aromatic nitrogens is 17. The van der Waals surface area contributed by atoms with Crippen LogP contribution in [0.25, 0.3) is 35.3 Å². The van der Waals surface area contributed by atoms with Crippen LogP contribution in [0.5, 0.6) is 0 Å². The second-order valence-corrected chi connectivity index (χ2v) is 43.1. The third kappa shape index (κ3) is 17.8. The number of allylic oxidation sites excluding steroid dienone is 3. The van der Waals surface area contributed by atoms with Crippen LogP contribution >= 0.6 is 11.3 Å². The van der Waals surface area contributed by atoms with Gasteiger partial charge in [0.1, 0.15) is 33.7 Å². The van der Waals surface area contributed by atoms with E-state index in [9.17, 15) is 79.7 Å². The monoisotopic (exact) mass is 1940 g/mol. The Morgan fingerprint density at radius 1 is 0.452 bits per heavy atom. The predicted octanol–water partition coefficient (Wildman–Crippen LogP) is 16.8. The van der Waals surface area contributed by atoms with E-state index in [1.807, 2.05) is 50.2 Å². The number of carbonyl (C=O) groups excluding carboxylic acids is 3. The predicted molar refractivity (Wildman–Crippen MR) is 484 cm³/mol. The third-order valence-corrected chi connectivity index (χ3v) is 34.2. The van der Waals surface area contributed by atoms with E-state index < -0.39 is 121 Å². The van der Waals surface area contributed by atoms with Crippen molar-refractivity contribution in [3.8, 4) is 17.1 Å². The number of halogens is 12. The zero-order valence-electron chi connectivity index (χ0n) is 74.0. The van der Waals surface area contributed by atoms with Crippen molar-refractivity contribution < 1.29 is 79.7 Å². The number of rotatable bonds is 21. The molecule has 0 radical (unpaired) electrons. The minimum Gasteiger partial charge on any atom is -0.291 e. The van der Waals surface area contributed by atoms with Crippen molar-refractivity contribution in [2.45, 2.75) is 194 Å². The lowest BCUT2D eigenvalue weighted by atomic mass is 9.60. The van der Waals surface area contributed by atoms with Gasteiger partial charge in [0.25, 0.3) is 0 Å². The van der Waals surface area contributed by atoms with Gasteiger partial charge in [-0.2, -0.15) is 79.7 Å². The van der Waals surface area contributed by atoms with Gasteiger partial charge in [0.05, 0.1) is 139 Å². The van der Waals surface area contributed by atoms with Crippen molar-refractivity contribution in [2.24, 2.45) is 37.4 Å². The van der Waals surface area contributed by atoms with Gasteiger partial charge in [-0.15, -0.1) is 21.5 Å². The van der Waals surface area contributed by atoms with Gasteiger partial charge in [0.2, 0.25) is 5.78 Å². The fraction of sp³-hybridized carbons (Fsp3) is 0.366. The van der Waals surface area contributed by atoms with Gasteiger partial charge in [0, 0.05) is 76.0 Å². The van der Waals surface area contributed by atoms with Crippen molar-refractivity contribution in [2.75, 3.05) is 0 Å². The first kappa shape index (κ1) is 94.8. The zero-order valence-corrected chi connectivity index (χ0v) is 77.3. The number of pyridine rings is 2. The summed E-state index contributed by atoms with van der Waals surface area (Å²) in [5.41, 5.74) is 2.07. The Balaban J connectivity index is 0.000000141. The molecule has 3 unspecified atom stereocenters. The van der Waals surface area contributed by atoms with E-state index in [1.54, 1.807) is 116 Å². The fourth-order valence-corrected chi connectivity index (χ4v) is 27.2. The minimum atomic E-state index is -4.66. The highest BCUT2D eigenvalue weighted by molar-refractivity contribution is 7.98. The van der Waals surface area contributed by atoms with Crippen LogP contribution in [-0.4, -0.2) is 181 Å². The molecular formula is C93H92F12N20O6S4. The molecule has 3 aromatic carbocycles. The molecule has 9 aromatic heterocycles. The molecule has 26 nitrogen and oxygen atoms in total. The number of ketones is 3. The van der Waals surface area contributed by atoms with E-state index in [2.05, 4.69) is 73.4 Å². The largest absolute Gasteiger partial charge is 0.427 e. The minimum absolute atomic E-state index is 0.0139. The Morgan fingerprint density at radius 3 is 1.16 bits per heavy atom. The first-order valence-electron chi connectivity index (χ1n) is 43.3. The molecule has 0 saturated heterocycles. The molecule has 4 saturated carbocycles. The first-order chi connectivity index (χ1) is 63.8. The molecule has 19 rings (SSSR count). The number of hydrogen-bond donors (Lipinski definition) is 0. The van der Waals surface area contributed by atoms with Crippen molar-refractivity contribution in [1.82, 2.24) is 97.0 Å². The second-order valence-electron chi connectivity index (χ2n) is 35.6. The summed E-state index contributed by atoms with van der Waals surface area (Å²) in [7, 11) is -4.35. The lowest BCUT2D eigenvalue weighted by molar-refractivity contribution is -0.138. The summed E-state index contributed by atoms with van der Waals surface area (Å²) < 4.78 is 219. The molecule has 135 heavy (non-hydrogen) atoms. The van der Waals surface area contributed by atoms with Crippen LogP contribution in [0, 0.1) is 33.7 Å². The number of thiazole rings is 1. The van der Waals surface area contributed by atoms with E-state index in [4.69, 9.17) is 0 Å². The summed E-state index contributed by atoms with van der Waals surface area (Å²) in [5, 5.41) is 34.6. The maximum absolute atomic E-state index is 14.6. The van der Waals surface area contributed by atoms with Crippen molar-refractivity contribution >= 4 is 93.6 Å². The van der Waals surface area contributed by atoms with E-state index in [1.165, 1.54) is 58.4 Å². The molecule has 7 aliphatic carbocycles. The lowest BCUT2D eigenvalue weighted by Crippen LogP contribution is -2.55. The first-order valence-corrected chi connectivity index (χ1v) is 49.2. The standard InChI is InChI=1S/C33H32F4N6O2S.C31H31F4N7O2S.C29H29F4N7O2S2/c1-41-20-28(19-39-41)46(2,45)43(26-4-3-5-26)27-9-6-22-15-30-21(18-40-42(30)25-10-7-24(34)8-11-25)16-32(22,17-27)31(44)29-14-23(12-13-38-29)33(35,36)37;1-19(2)42(45(4,44)28-18-37-40(3)39-28)25-8-5-21-14-27-20(17-38-41(27)24-9-6-23(32)7-10-24)15-30(21,16-25)29(43)26-13-22(11-12-36-26)31(33,34)35;1-17(2)40(44(4,42)25-16-35-38(3)37-25)22-8-5-19-11-23-18(14-36-39(23)21-9-6-20(30)7-10-21)12-28(19,13-22)26(41)27-34-15-24(43-27)29(31,32)33/h7-8,10-15,18-20,26-27H,2-6,9,16-17H2,1H3;6-7,9-14,17-19,25H,4-5,8,15-16H2,1-3H3;6-7,9-11,14-17,22H,4-5,8,12-13H2,1-3H3/t27-,32-,46?;25-,30-,45?;22-,28-,44?/m000/s1. The van der Waals surface area contributed by atoms with Gasteiger partial charge >= 0.3 is 18.5 Å². The second kappa shape index (κ2) is 35.6. The summed E-state index contributed by atoms with van der Waals surface area (Å²) in [6.45, 7) is 7.51. The Hall–Kier alpha value is -12.0. The molecule has 0 spiro atoms. The zero-order chi connectivity index (χ0) is 96.3. The maximum atomic E-state index is 14.6. The summed E-state index contributed by atoms with van der Waals surface area (Å²) in [5.74, 6) is 9.55. The molecule has 42 heteroatoms. The van der Waals surface area contributed by atoms with Crippen molar-refractivity contribution in [1.29, 1.82) is 0 Å². The quantitative estimate of drug-likeness (QED) is 0.0367. The third-order valence-electron chi connectivity index (χ3n) is 26.5. The fourth-order valence-electron chi connectivity index (χ4n) is 20.2. The highest BCUT2D eigenvalue weighted by Crippen LogP contribution is 2.57. The smallest absolute Gasteiger partial charge is 0.291 e. The van der Waals surface area contributed by atoms with Gasteiger partial charge in [-0.05, 0) is 267 Å². The van der Waals surface area contributed by atoms with Gasteiger partial charge in [0.15, 0.2) is 26.6 Å². The molecule has 7 aliphatic rings. The normalized spacial score (nSPS) is 21.9. The number of Topliss-reactive ketones (excluding diaryl/α,β-unsaturated/α-hetero) is 3. The van der Waals surface area contributed by atoms with E-state index >= 15 is 0 Å². The summed E-state index contributed by atoms with van der Waals surface area (Å²) in [4.78, 5) is 57.9. The average Bonchev–Trinajstić information content (AvgIpc) is 1.66. The van der Waals surface area contributed by atoms with Crippen LogP contribution < -0.4 is 0 Å². The van der Waals surface area contributed by atoms with Gasteiger partial charge in [-0.25, -0.2) is 57.7 Å². The van der Waals surface area contributed by atoms with E-state index in [0.717, 1.165) is 83.9 Å². The molecule has 0 amide bonds. The van der Waals surface area contributed by atoms with Crippen LogP contribution in [0.1, 0.15) is 185 Å². The number of nitrogens with zero attached hydrogens (tertiary/aromatic N) is 20. The molecule has 708 valence electrons. The summed E-state index contributed by atoms with van der Waals surface area (Å²) in [6.07, 6.45) is 11.8. The molecule has 9 atom stereocenters. The number of alkyl halides is 9. The Labute approximate surface area is 773 Å². The van der Waals surface area contributed by atoms with Crippen LogP contribution in [0.2, 0.25) is 0 Å². The lowest BCUT2D eigenvalue weighted by Gasteiger charge is -2.50. The number of carbonyl (C=O) groups is 3. The Kier molecular flexibility index (Phi) is 25.0. The number of hydrogen-bond acceptors (Lipinski definition) is 18. The Morgan fingerprint density at radius 2 is 0.830 bits per heavy atom. The highest BCUT2D eigenvalue weighted by atomic mass is 32.2. The van der Waals surface area contributed by atoms with Crippen LogP contribution in [0.3, 0.4) is 0 Å². The molecular weight excluding hydrogens is 1850 g/mol. The average molecular weight is 1940 g/mol. The molecule has 9 heterocycles. The SMILES string of the molecule is C=S(=O)(c1cnn(C)c1)N(C1CCC1)[C@H]1CCC2=Cc3c(cnn3-c3ccc(F)cc3)C[C@]2(C(=O)c2cc(C(F)(F)F)ccn2)C1.C=S(=O)(c1cnn(C)n1)N(C(C)C)[C@H]1CCC2=Cc3c(cnn3-c3ccc(F)cc3)C[C@]2(C(=O)c2cc(C(F)(F)F)ccn2)C1.C=S(=O)(c1cnn(C)n1)N(C(C)C)[C@H]1CCC2=Cc3c(cnn3-c3ccc(F)cc3)C[C@]2(C(=O)c2ncc(C(F)(F)F)s2)C1. The summed E-state index contributed by atoms with van der Waals surface area (Å²) in [6, 6.07) is 19.1. The topological polar surface area (TPSA) is 284 Å². The van der Waals surface area contributed by atoms with Gasteiger partial charge in [-0.1, -0.05) is 23.1 Å². The molecule has 12 aromatic rings. The molecule has 4 fully saturated rings. The Bertz CT molecular complexity index is 7070. The van der Waals surface area contributed by atoms with E-state index in [-0.39, 0.29) is 95.0 Å². The van der Waals surface area contributed by atoms with Gasteiger partial charge in [-0.3, -0.25) is 29.0 Å². The van der Waals surface area contributed by atoms with Crippen molar-refractivity contribution in [3.63, 3.8) is 0 Å². The summed E-state index contributed by atoms with van der Waals surface area (Å²) >= 11 is 0.325. The van der Waals surface area contributed by atoms with Crippen LogP contribution in [0.15, 0.2) is 191 Å². The highest BCUT2D eigenvalue weighted by Gasteiger charge is 2.57. The van der Waals surface area contributed by atoms with E-state index in [0.29, 0.717) is 101 Å². The van der Waals surface area contributed by atoms with Crippen LogP contribution in [-0.2, 0) is 88.1 Å². The molecule has 0 bridgehead atoms. The maximum Gasteiger partial charge on any atom is 0.427 e. The molecule has 0 N–H and O–H groups in total. The van der Waals surface area contributed by atoms with Crippen molar-refractivity contribution in [3.05, 3.63) is 259 Å². The van der Waals surface area contributed by atoms with Crippen LogP contribution in [0.4, 0.5) is 52.7 Å². The van der Waals surface area contributed by atoms with Gasteiger partial charge < -0.3 is 0 Å². The number of benzene rings is 3.